The van der Waals surface area contributed by atoms with Crippen molar-refractivity contribution >= 4 is 10.0 Å². The molecule has 0 aliphatic carbocycles. The number of nitrogens with zero attached hydrogens (tertiary/aromatic N) is 2. The Morgan fingerprint density at radius 3 is 2.11 bits per heavy atom. The van der Waals surface area contributed by atoms with E-state index in [0.717, 1.165) is 57.5 Å². The zero-order valence-electron chi connectivity index (χ0n) is 15.7. The molecule has 5 nitrogen and oxygen atoms in total. The summed E-state index contributed by atoms with van der Waals surface area (Å²) in [5.74, 6) is -2.16. The van der Waals surface area contributed by atoms with Crippen LogP contribution in [0.15, 0.2) is 53.4 Å². The standard InChI is InChI=1S/C20H25F2N3O2S/c21-18-8-4-9-19(22)20(18)28(26,27)23-10-5-11-24-12-14-25(15-13-24)16-17-6-2-1-3-7-17/h1-4,6-9,23H,5,10-16H2. The van der Waals surface area contributed by atoms with Crippen LogP contribution in [0.3, 0.4) is 0 Å². The van der Waals surface area contributed by atoms with Gasteiger partial charge in [-0.3, -0.25) is 4.90 Å². The summed E-state index contributed by atoms with van der Waals surface area (Å²) in [4.78, 5) is 3.76. The second-order valence-corrected chi connectivity index (χ2v) is 8.61. The fourth-order valence-electron chi connectivity index (χ4n) is 3.33. The van der Waals surface area contributed by atoms with Gasteiger partial charge in [-0.25, -0.2) is 21.9 Å². The molecule has 0 atom stereocenters. The first-order valence-electron chi connectivity index (χ1n) is 9.38. The van der Waals surface area contributed by atoms with E-state index in [2.05, 4.69) is 26.7 Å². The van der Waals surface area contributed by atoms with Crippen LogP contribution in [0.4, 0.5) is 8.78 Å². The molecule has 0 saturated carbocycles. The lowest BCUT2D eigenvalue weighted by atomic mass is 10.2. The number of hydrogen-bond acceptors (Lipinski definition) is 4. The highest BCUT2D eigenvalue weighted by atomic mass is 32.2. The third kappa shape index (κ3) is 5.57. The SMILES string of the molecule is O=S(=O)(NCCCN1CCN(Cc2ccccc2)CC1)c1c(F)cccc1F. The third-order valence-corrected chi connectivity index (χ3v) is 6.36. The number of hydrogen-bond donors (Lipinski definition) is 1. The minimum absolute atomic E-state index is 0.139. The Labute approximate surface area is 165 Å². The Morgan fingerprint density at radius 2 is 1.46 bits per heavy atom. The smallest absolute Gasteiger partial charge is 0.246 e. The van der Waals surface area contributed by atoms with E-state index in [1.807, 2.05) is 18.2 Å². The van der Waals surface area contributed by atoms with Gasteiger partial charge >= 0.3 is 0 Å². The highest BCUT2D eigenvalue weighted by molar-refractivity contribution is 7.89. The van der Waals surface area contributed by atoms with Crippen molar-refractivity contribution in [2.45, 2.75) is 17.9 Å². The Morgan fingerprint density at radius 1 is 0.857 bits per heavy atom. The Kier molecular flexibility index (Phi) is 7.12. The van der Waals surface area contributed by atoms with E-state index in [0.29, 0.717) is 6.42 Å². The number of halogens is 2. The summed E-state index contributed by atoms with van der Waals surface area (Å²) >= 11 is 0. The molecule has 1 aliphatic rings. The van der Waals surface area contributed by atoms with Gasteiger partial charge in [0.2, 0.25) is 10.0 Å². The maximum absolute atomic E-state index is 13.7. The Balaban J connectivity index is 1.39. The zero-order valence-corrected chi connectivity index (χ0v) is 16.5. The largest absolute Gasteiger partial charge is 0.301 e. The van der Waals surface area contributed by atoms with Crippen molar-refractivity contribution in [2.75, 3.05) is 39.3 Å². The molecular formula is C20H25F2N3O2S. The van der Waals surface area contributed by atoms with Crippen LogP contribution < -0.4 is 4.72 Å². The first kappa shape index (κ1) is 20.9. The number of nitrogens with one attached hydrogen (secondary N) is 1. The van der Waals surface area contributed by atoms with Gasteiger partial charge in [0.25, 0.3) is 0 Å². The topological polar surface area (TPSA) is 52.7 Å². The maximum atomic E-state index is 13.7. The van der Waals surface area contributed by atoms with Crippen molar-refractivity contribution in [3.63, 3.8) is 0 Å². The molecule has 0 bridgehead atoms. The number of sulfonamides is 1. The van der Waals surface area contributed by atoms with Crippen molar-refractivity contribution in [1.82, 2.24) is 14.5 Å². The van der Waals surface area contributed by atoms with Gasteiger partial charge in [0.1, 0.15) is 11.6 Å². The fraction of sp³-hybridized carbons (Fsp3) is 0.400. The first-order valence-corrected chi connectivity index (χ1v) is 10.9. The Hall–Kier alpha value is -1.87. The normalized spacial score (nSPS) is 16.4. The van der Waals surface area contributed by atoms with Crippen LogP contribution in [0.2, 0.25) is 0 Å². The van der Waals surface area contributed by atoms with Gasteiger partial charge in [0.05, 0.1) is 0 Å². The molecular weight excluding hydrogens is 384 g/mol. The summed E-state index contributed by atoms with van der Waals surface area (Å²) in [6.07, 6.45) is 0.577. The molecule has 3 rings (SSSR count). The molecule has 0 unspecified atom stereocenters. The number of rotatable bonds is 8. The molecule has 2 aromatic carbocycles. The van der Waals surface area contributed by atoms with Crippen molar-refractivity contribution in [1.29, 1.82) is 0 Å². The molecule has 0 radical (unpaired) electrons. The van der Waals surface area contributed by atoms with E-state index in [1.165, 1.54) is 5.56 Å². The highest BCUT2D eigenvalue weighted by Crippen LogP contribution is 2.17. The minimum Gasteiger partial charge on any atom is -0.301 e. The van der Waals surface area contributed by atoms with Crippen LogP contribution >= 0.6 is 0 Å². The summed E-state index contributed by atoms with van der Waals surface area (Å²) in [6, 6.07) is 13.4. The van der Waals surface area contributed by atoms with Gasteiger partial charge in [-0.2, -0.15) is 0 Å². The molecule has 8 heteroatoms. The number of piperazine rings is 1. The molecule has 2 aromatic rings. The fourth-order valence-corrected chi connectivity index (χ4v) is 4.54. The lowest BCUT2D eigenvalue weighted by molar-refractivity contribution is 0.126. The molecule has 1 fully saturated rings. The van der Waals surface area contributed by atoms with Crippen LogP contribution in [0.5, 0.6) is 0 Å². The molecule has 1 aliphatic heterocycles. The average molecular weight is 410 g/mol. The van der Waals surface area contributed by atoms with Gasteiger partial charge in [-0.15, -0.1) is 0 Å². The zero-order chi connectivity index (χ0) is 20.0. The first-order chi connectivity index (χ1) is 13.5. The summed E-state index contributed by atoms with van der Waals surface area (Å²) in [7, 11) is -4.19. The molecule has 0 amide bonds. The lowest BCUT2D eigenvalue weighted by Crippen LogP contribution is -2.46. The lowest BCUT2D eigenvalue weighted by Gasteiger charge is -2.34. The summed E-state index contributed by atoms with van der Waals surface area (Å²) in [5.41, 5.74) is 1.30. The number of benzene rings is 2. The summed E-state index contributed by atoms with van der Waals surface area (Å²) in [6.45, 7) is 5.57. The second kappa shape index (κ2) is 9.56. The molecule has 1 saturated heterocycles. The van der Waals surface area contributed by atoms with Crippen molar-refractivity contribution in [3.8, 4) is 0 Å². The maximum Gasteiger partial charge on any atom is 0.246 e. The van der Waals surface area contributed by atoms with E-state index in [9.17, 15) is 17.2 Å². The van der Waals surface area contributed by atoms with Gasteiger partial charge in [-0.1, -0.05) is 36.4 Å². The molecule has 152 valence electrons. The molecule has 0 aromatic heterocycles. The van der Waals surface area contributed by atoms with Crippen LogP contribution in [-0.4, -0.2) is 57.5 Å². The molecule has 1 N–H and O–H groups in total. The van der Waals surface area contributed by atoms with E-state index >= 15 is 0 Å². The van der Waals surface area contributed by atoms with Crippen LogP contribution in [-0.2, 0) is 16.6 Å². The minimum atomic E-state index is -4.19. The monoisotopic (exact) mass is 409 g/mol. The van der Waals surface area contributed by atoms with E-state index in [4.69, 9.17) is 0 Å². The predicted molar refractivity (Wildman–Crippen MR) is 104 cm³/mol. The van der Waals surface area contributed by atoms with Gasteiger partial charge in [0.15, 0.2) is 4.90 Å². The average Bonchev–Trinajstić information content (AvgIpc) is 2.67. The molecule has 1 heterocycles. The quantitative estimate of drug-likeness (QED) is 0.681. The Bertz CT molecular complexity index is 850. The molecule has 28 heavy (non-hydrogen) atoms. The van der Waals surface area contributed by atoms with E-state index in [-0.39, 0.29) is 6.54 Å². The van der Waals surface area contributed by atoms with E-state index in [1.54, 1.807) is 0 Å². The predicted octanol–water partition coefficient (Wildman–Crippen LogP) is 2.45. The summed E-state index contributed by atoms with van der Waals surface area (Å²) < 4.78 is 53.9. The third-order valence-electron chi connectivity index (χ3n) is 4.84. The van der Waals surface area contributed by atoms with E-state index < -0.39 is 26.6 Å². The van der Waals surface area contributed by atoms with Gasteiger partial charge in [0, 0.05) is 39.3 Å². The highest BCUT2D eigenvalue weighted by Gasteiger charge is 2.23. The van der Waals surface area contributed by atoms with Crippen LogP contribution in [0.1, 0.15) is 12.0 Å². The second-order valence-electron chi connectivity index (χ2n) is 6.91. The van der Waals surface area contributed by atoms with Crippen molar-refractivity contribution < 1.29 is 17.2 Å². The molecule has 0 spiro atoms. The summed E-state index contributed by atoms with van der Waals surface area (Å²) in [5, 5.41) is 0. The van der Waals surface area contributed by atoms with Crippen molar-refractivity contribution in [2.24, 2.45) is 0 Å². The van der Waals surface area contributed by atoms with Crippen LogP contribution in [0, 0.1) is 11.6 Å². The van der Waals surface area contributed by atoms with Gasteiger partial charge in [-0.05, 0) is 30.7 Å². The van der Waals surface area contributed by atoms with Crippen LogP contribution in [0.25, 0.3) is 0 Å². The van der Waals surface area contributed by atoms with Crippen molar-refractivity contribution in [3.05, 3.63) is 65.7 Å². The van der Waals surface area contributed by atoms with Gasteiger partial charge < -0.3 is 4.90 Å².